The lowest BCUT2D eigenvalue weighted by molar-refractivity contribution is -0.137. The molecule has 6 heteroatoms. The van der Waals surface area contributed by atoms with Crippen LogP contribution >= 0.6 is 0 Å². The van der Waals surface area contributed by atoms with Gasteiger partial charge in [0.25, 0.3) is 0 Å². The number of pyridine rings is 1. The molecule has 1 heterocycles. The Bertz CT molecular complexity index is 469. The van der Waals surface area contributed by atoms with E-state index >= 15 is 0 Å². The van der Waals surface area contributed by atoms with E-state index in [0.29, 0.717) is 24.4 Å². The Balaban J connectivity index is 2.64. The fourth-order valence-corrected chi connectivity index (χ4v) is 1.63. The van der Waals surface area contributed by atoms with Crippen molar-refractivity contribution in [3.8, 4) is 0 Å². The Labute approximate surface area is 118 Å². The van der Waals surface area contributed by atoms with Crippen LogP contribution in [0.15, 0.2) is 18.3 Å². The van der Waals surface area contributed by atoms with Crippen molar-refractivity contribution in [3.63, 3.8) is 0 Å². The summed E-state index contributed by atoms with van der Waals surface area (Å²) in [5.74, 6) is -0.643. The van der Waals surface area contributed by atoms with Crippen LogP contribution in [0.5, 0.6) is 0 Å². The second kappa shape index (κ2) is 6.88. The molecule has 0 unspecified atom stereocenters. The molecule has 0 aliphatic carbocycles. The Morgan fingerprint density at radius 3 is 2.60 bits per heavy atom. The molecule has 0 saturated heterocycles. The molecule has 1 rings (SSSR count). The van der Waals surface area contributed by atoms with Crippen LogP contribution in [-0.2, 0) is 9.53 Å². The number of rotatable bonds is 7. The third kappa shape index (κ3) is 5.26. The third-order valence-corrected chi connectivity index (χ3v) is 2.70. The van der Waals surface area contributed by atoms with Crippen molar-refractivity contribution in [1.82, 2.24) is 4.98 Å². The SMILES string of the molecule is CCOC(=O)c1ccc(NC(C)(C)CCC(=O)O)nc1. The molecule has 0 bridgehead atoms. The molecular weight excluding hydrogens is 260 g/mol. The van der Waals surface area contributed by atoms with Crippen LogP contribution in [0, 0.1) is 0 Å². The molecule has 1 aromatic heterocycles. The van der Waals surface area contributed by atoms with E-state index in [0.717, 1.165) is 0 Å². The Kier molecular flexibility index (Phi) is 5.49. The van der Waals surface area contributed by atoms with Crippen molar-refractivity contribution in [3.05, 3.63) is 23.9 Å². The second-order valence-electron chi connectivity index (χ2n) is 5.06. The van der Waals surface area contributed by atoms with Crippen LogP contribution < -0.4 is 5.32 Å². The van der Waals surface area contributed by atoms with Crippen molar-refractivity contribution in [1.29, 1.82) is 0 Å². The van der Waals surface area contributed by atoms with E-state index in [9.17, 15) is 9.59 Å². The van der Waals surface area contributed by atoms with E-state index in [1.165, 1.54) is 6.20 Å². The number of aliphatic carboxylic acids is 1. The summed E-state index contributed by atoms with van der Waals surface area (Å²) in [7, 11) is 0. The lowest BCUT2D eigenvalue weighted by Crippen LogP contribution is -2.32. The number of carbonyl (C=O) groups excluding carboxylic acids is 1. The van der Waals surface area contributed by atoms with Gasteiger partial charge in [-0.1, -0.05) is 0 Å². The van der Waals surface area contributed by atoms with Crippen LogP contribution in [0.1, 0.15) is 44.0 Å². The van der Waals surface area contributed by atoms with E-state index in [1.54, 1.807) is 19.1 Å². The highest BCUT2D eigenvalue weighted by molar-refractivity contribution is 5.89. The number of anilines is 1. The molecule has 0 saturated carbocycles. The minimum absolute atomic E-state index is 0.0842. The van der Waals surface area contributed by atoms with E-state index in [-0.39, 0.29) is 6.42 Å². The first-order chi connectivity index (χ1) is 9.34. The molecule has 2 N–H and O–H groups in total. The summed E-state index contributed by atoms with van der Waals surface area (Å²) >= 11 is 0. The molecule has 1 aromatic rings. The number of carbonyl (C=O) groups is 2. The standard InChI is InChI=1S/C14H20N2O4/c1-4-20-13(19)10-5-6-11(15-9-10)16-14(2,3)8-7-12(17)18/h5-6,9H,4,7-8H2,1-3H3,(H,15,16)(H,17,18). The molecule has 0 amide bonds. The van der Waals surface area contributed by atoms with Gasteiger partial charge in [-0.2, -0.15) is 0 Å². The Morgan fingerprint density at radius 2 is 2.10 bits per heavy atom. The largest absolute Gasteiger partial charge is 0.481 e. The zero-order chi connectivity index (χ0) is 15.2. The third-order valence-electron chi connectivity index (χ3n) is 2.70. The number of hydrogen-bond acceptors (Lipinski definition) is 5. The zero-order valence-electron chi connectivity index (χ0n) is 12.0. The van der Waals surface area contributed by atoms with Gasteiger partial charge in [-0.15, -0.1) is 0 Å². The van der Waals surface area contributed by atoms with Gasteiger partial charge in [-0.25, -0.2) is 9.78 Å². The van der Waals surface area contributed by atoms with Gasteiger partial charge in [0.15, 0.2) is 0 Å². The van der Waals surface area contributed by atoms with E-state index in [4.69, 9.17) is 9.84 Å². The Morgan fingerprint density at radius 1 is 1.40 bits per heavy atom. The molecule has 0 atom stereocenters. The van der Waals surface area contributed by atoms with Crippen molar-refractivity contribution in [2.24, 2.45) is 0 Å². The molecule has 0 fully saturated rings. The molecule has 6 nitrogen and oxygen atoms in total. The van der Waals surface area contributed by atoms with Gasteiger partial charge in [0.05, 0.1) is 12.2 Å². The summed E-state index contributed by atoms with van der Waals surface area (Å²) in [5, 5.41) is 11.8. The number of carboxylic acids is 1. The van der Waals surface area contributed by atoms with E-state index in [1.807, 2.05) is 13.8 Å². The van der Waals surface area contributed by atoms with Crippen molar-refractivity contribution >= 4 is 17.8 Å². The van der Waals surface area contributed by atoms with Crippen molar-refractivity contribution in [2.75, 3.05) is 11.9 Å². The van der Waals surface area contributed by atoms with Gasteiger partial charge in [0.2, 0.25) is 0 Å². The highest BCUT2D eigenvalue weighted by Crippen LogP contribution is 2.18. The molecule has 0 spiro atoms. The highest BCUT2D eigenvalue weighted by Gasteiger charge is 2.19. The first-order valence-corrected chi connectivity index (χ1v) is 6.47. The van der Waals surface area contributed by atoms with E-state index < -0.39 is 17.5 Å². The van der Waals surface area contributed by atoms with Crippen LogP contribution in [0.2, 0.25) is 0 Å². The number of hydrogen-bond donors (Lipinski definition) is 2. The predicted octanol–water partition coefficient (Wildman–Crippen LogP) is 2.31. The molecular formula is C14H20N2O4. The van der Waals surface area contributed by atoms with Crippen LogP contribution in [0.3, 0.4) is 0 Å². The number of nitrogens with zero attached hydrogens (tertiary/aromatic N) is 1. The highest BCUT2D eigenvalue weighted by atomic mass is 16.5. The quantitative estimate of drug-likeness (QED) is 0.745. The molecule has 0 aliphatic heterocycles. The van der Waals surface area contributed by atoms with Gasteiger partial charge < -0.3 is 15.2 Å². The minimum atomic E-state index is -0.828. The van der Waals surface area contributed by atoms with Gasteiger partial charge in [0.1, 0.15) is 5.82 Å². The summed E-state index contributed by atoms with van der Waals surface area (Å²) < 4.78 is 4.87. The predicted molar refractivity (Wildman–Crippen MR) is 74.8 cm³/mol. The molecule has 110 valence electrons. The fraction of sp³-hybridized carbons (Fsp3) is 0.500. The number of ether oxygens (including phenoxy) is 1. The van der Waals surface area contributed by atoms with Crippen molar-refractivity contribution < 1.29 is 19.4 Å². The zero-order valence-corrected chi connectivity index (χ0v) is 12.0. The summed E-state index contributed by atoms with van der Waals surface area (Å²) in [6.07, 6.45) is 2.00. The number of nitrogens with one attached hydrogen (secondary N) is 1. The Hall–Kier alpha value is -2.11. The fourth-order valence-electron chi connectivity index (χ4n) is 1.63. The molecule has 20 heavy (non-hydrogen) atoms. The van der Waals surface area contributed by atoms with Crippen LogP contribution in [0.4, 0.5) is 5.82 Å². The smallest absolute Gasteiger partial charge is 0.339 e. The summed E-state index contributed by atoms with van der Waals surface area (Å²) in [6, 6.07) is 3.30. The maximum absolute atomic E-state index is 11.5. The van der Waals surface area contributed by atoms with E-state index in [2.05, 4.69) is 10.3 Å². The first-order valence-electron chi connectivity index (χ1n) is 6.47. The molecule has 0 radical (unpaired) electrons. The van der Waals surface area contributed by atoms with Gasteiger partial charge in [0, 0.05) is 18.2 Å². The van der Waals surface area contributed by atoms with Crippen molar-refractivity contribution in [2.45, 2.75) is 39.2 Å². The van der Waals surface area contributed by atoms with Gasteiger partial charge in [-0.3, -0.25) is 4.79 Å². The first kappa shape index (κ1) is 15.9. The normalized spacial score (nSPS) is 10.9. The average molecular weight is 280 g/mol. The van der Waals surface area contributed by atoms with Crippen LogP contribution in [0.25, 0.3) is 0 Å². The molecule has 0 aromatic carbocycles. The van der Waals surface area contributed by atoms with Gasteiger partial charge >= 0.3 is 11.9 Å². The summed E-state index contributed by atoms with van der Waals surface area (Å²) in [6.45, 7) is 5.86. The number of aromatic nitrogens is 1. The number of carboxylic acid groups (broad SMARTS) is 1. The maximum atomic E-state index is 11.5. The second-order valence-corrected chi connectivity index (χ2v) is 5.06. The number of esters is 1. The topological polar surface area (TPSA) is 88.5 Å². The lowest BCUT2D eigenvalue weighted by Gasteiger charge is -2.26. The molecule has 0 aliphatic rings. The summed E-state index contributed by atoms with van der Waals surface area (Å²) in [5.41, 5.74) is -0.00245. The maximum Gasteiger partial charge on any atom is 0.339 e. The average Bonchev–Trinajstić information content (AvgIpc) is 2.37. The van der Waals surface area contributed by atoms with Gasteiger partial charge in [-0.05, 0) is 39.3 Å². The monoisotopic (exact) mass is 280 g/mol. The minimum Gasteiger partial charge on any atom is -0.481 e. The van der Waals surface area contributed by atoms with Crippen LogP contribution in [-0.4, -0.2) is 34.2 Å². The lowest BCUT2D eigenvalue weighted by atomic mass is 9.98. The summed E-state index contributed by atoms with van der Waals surface area (Å²) in [4.78, 5) is 26.2.